The standard InChI is InChI=1S/C19H23N3O5S/c1-28-9-7-14(18(25)26)20-16(23)6-8-21-17(24)15-10-12-4-2-3-5-13(12)11-22(15)19(21)27/h2-5,14-15H,6-11H2,1H3,(H,20,23)(H,25,26)/p-1/t14-,15+/m1/s1. The third-order valence-corrected chi connectivity index (χ3v) is 5.71. The quantitative estimate of drug-likeness (QED) is 0.599. The molecule has 8 nitrogen and oxygen atoms in total. The second-order valence-electron chi connectivity index (χ2n) is 6.86. The molecule has 2 atom stereocenters. The van der Waals surface area contributed by atoms with Gasteiger partial charge in [-0.15, -0.1) is 0 Å². The van der Waals surface area contributed by atoms with Crippen molar-refractivity contribution in [2.45, 2.75) is 37.9 Å². The molecular formula is C19H22N3O5S-. The van der Waals surface area contributed by atoms with E-state index in [2.05, 4.69) is 5.32 Å². The molecule has 1 fully saturated rings. The molecule has 3 rings (SSSR count). The van der Waals surface area contributed by atoms with Crippen LogP contribution in [-0.4, -0.2) is 64.3 Å². The fourth-order valence-electron chi connectivity index (χ4n) is 3.54. The second kappa shape index (κ2) is 8.64. The van der Waals surface area contributed by atoms with Crippen molar-refractivity contribution < 1.29 is 24.3 Å². The van der Waals surface area contributed by atoms with Gasteiger partial charge in [-0.2, -0.15) is 11.8 Å². The topological polar surface area (TPSA) is 110 Å². The number of amides is 4. The maximum Gasteiger partial charge on any atom is 0.327 e. The Hall–Kier alpha value is -2.55. The van der Waals surface area contributed by atoms with E-state index in [0.29, 0.717) is 18.7 Å². The molecule has 150 valence electrons. The molecule has 0 radical (unpaired) electrons. The van der Waals surface area contributed by atoms with Crippen LogP contribution in [0.4, 0.5) is 4.79 Å². The van der Waals surface area contributed by atoms with Crippen molar-refractivity contribution in [1.82, 2.24) is 15.1 Å². The highest BCUT2D eigenvalue weighted by Crippen LogP contribution is 2.29. The highest BCUT2D eigenvalue weighted by molar-refractivity contribution is 7.98. The number of hydrogen-bond acceptors (Lipinski definition) is 6. The third-order valence-electron chi connectivity index (χ3n) is 5.07. The van der Waals surface area contributed by atoms with E-state index in [1.807, 2.05) is 30.5 Å². The van der Waals surface area contributed by atoms with Crippen molar-refractivity contribution in [3.63, 3.8) is 0 Å². The Labute approximate surface area is 167 Å². The normalized spacial score (nSPS) is 19.2. The molecule has 0 bridgehead atoms. The highest BCUT2D eigenvalue weighted by Gasteiger charge is 2.46. The molecule has 0 aromatic heterocycles. The average molecular weight is 404 g/mol. The van der Waals surface area contributed by atoms with Gasteiger partial charge in [0.1, 0.15) is 6.04 Å². The molecule has 1 N–H and O–H groups in total. The first-order chi connectivity index (χ1) is 13.4. The molecule has 2 aliphatic rings. The summed E-state index contributed by atoms with van der Waals surface area (Å²) in [4.78, 5) is 51.2. The summed E-state index contributed by atoms with van der Waals surface area (Å²) in [6, 6.07) is 5.67. The minimum Gasteiger partial charge on any atom is -0.548 e. The molecule has 4 amide bonds. The van der Waals surface area contributed by atoms with Gasteiger partial charge in [0.2, 0.25) is 5.91 Å². The molecular weight excluding hydrogens is 382 g/mol. The Balaban J connectivity index is 1.58. The number of nitrogens with one attached hydrogen (secondary N) is 1. The van der Waals surface area contributed by atoms with Crippen LogP contribution in [0, 0.1) is 0 Å². The molecule has 1 aromatic carbocycles. The van der Waals surface area contributed by atoms with E-state index in [1.165, 1.54) is 16.7 Å². The van der Waals surface area contributed by atoms with Crippen molar-refractivity contribution >= 4 is 35.6 Å². The van der Waals surface area contributed by atoms with Crippen LogP contribution >= 0.6 is 11.8 Å². The van der Waals surface area contributed by atoms with Crippen LogP contribution in [0.5, 0.6) is 0 Å². The maximum absolute atomic E-state index is 12.7. The Morgan fingerprint density at radius 1 is 1.29 bits per heavy atom. The van der Waals surface area contributed by atoms with E-state index < -0.39 is 30.0 Å². The number of nitrogens with zero attached hydrogens (tertiary/aromatic N) is 2. The lowest BCUT2D eigenvalue weighted by molar-refractivity contribution is -0.308. The number of hydrogen-bond donors (Lipinski definition) is 1. The van der Waals surface area contributed by atoms with Gasteiger partial charge in [-0.25, -0.2) is 4.79 Å². The van der Waals surface area contributed by atoms with Gasteiger partial charge in [-0.3, -0.25) is 14.5 Å². The molecule has 0 aliphatic carbocycles. The lowest BCUT2D eigenvalue weighted by Gasteiger charge is -2.28. The number of carbonyl (C=O) groups is 4. The zero-order chi connectivity index (χ0) is 20.3. The minimum absolute atomic E-state index is 0.0743. The maximum atomic E-state index is 12.7. The molecule has 2 heterocycles. The smallest absolute Gasteiger partial charge is 0.327 e. The van der Waals surface area contributed by atoms with Gasteiger partial charge in [0.25, 0.3) is 5.91 Å². The summed E-state index contributed by atoms with van der Waals surface area (Å²) < 4.78 is 0. The zero-order valence-corrected chi connectivity index (χ0v) is 16.4. The minimum atomic E-state index is -1.34. The van der Waals surface area contributed by atoms with Crippen molar-refractivity contribution in [1.29, 1.82) is 0 Å². The Morgan fingerprint density at radius 2 is 2.00 bits per heavy atom. The number of thioether (sulfide) groups is 1. The van der Waals surface area contributed by atoms with Gasteiger partial charge in [0.15, 0.2) is 0 Å². The first-order valence-corrected chi connectivity index (χ1v) is 10.5. The van der Waals surface area contributed by atoms with Gasteiger partial charge >= 0.3 is 6.03 Å². The van der Waals surface area contributed by atoms with Crippen LogP contribution < -0.4 is 10.4 Å². The lowest BCUT2D eigenvalue weighted by atomic mass is 9.95. The summed E-state index contributed by atoms with van der Waals surface area (Å²) in [7, 11) is 0. The fourth-order valence-corrected chi connectivity index (χ4v) is 4.02. The highest BCUT2D eigenvalue weighted by atomic mass is 32.2. The summed E-state index contributed by atoms with van der Waals surface area (Å²) in [5.41, 5.74) is 2.07. The number of rotatable bonds is 8. The van der Waals surface area contributed by atoms with Crippen LogP contribution in [-0.2, 0) is 27.3 Å². The van der Waals surface area contributed by atoms with E-state index in [1.54, 1.807) is 0 Å². The van der Waals surface area contributed by atoms with Crippen molar-refractivity contribution in [3.8, 4) is 0 Å². The number of urea groups is 1. The lowest BCUT2D eigenvalue weighted by Crippen LogP contribution is -2.48. The predicted octanol–water partition coefficient (Wildman–Crippen LogP) is -0.247. The first-order valence-electron chi connectivity index (χ1n) is 9.10. The Morgan fingerprint density at radius 3 is 2.68 bits per heavy atom. The van der Waals surface area contributed by atoms with E-state index in [4.69, 9.17) is 0 Å². The Kier molecular flexibility index (Phi) is 6.23. The van der Waals surface area contributed by atoms with Crippen molar-refractivity contribution in [3.05, 3.63) is 35.4 Å². The number of carboxylic acid groups (broad SMARTS) is 1. The predicted molar refractivity (Wildman–Crippen MR) is 101 cm³/mol. The molecule has 0 saturated carbocycles. The van der Waals surface area contributed by atoms with E-state index in [9.17, 15) is 24.3 Å². The molecule has 1 saturated heterocycles. The van der Waals surface area contributed by atoms with Crippen molar-refractivity contribution in [2.24, 2.45) is 0 Å². The van der Waals surface area contributed by atoms with Crippen molar-refractivity contribution in [2.75, 3.05) is 18.6 Å². The molecule has 0 unspecified atom stereocenters. The third kappa shape index (κ3) is 4.14. The van der Waals surface area contributed by atoms with E-state index in [-0.39, 0.29) is 25.3 Å². The van der Waals surface area contributed by atoms with Crippen LogP contribution in [0.2, 0.25) is 0 Å². The van der Waals surface area contributed by atoms with Gasteiger partial charge in [-0.1, -0.05) is 24.3 Å². The summed E-state index contributed by atoms with van der Waals surface area (Å²) in [6.07, 6.45) is 2.41. The molecule has 2 aliphatic heterocycles. The molecule has 9 heteroatoms. The van der Waals surface area contributed by atoms with Crippen LogP contribution in [0.1, 0.15) is 24.0 Å². The molecule has 0 spiro atoms. The second-order valence-corrected chi connectivity index (χ2v) is 7.85. The van der Waals surface area contributed by atoms with Crippen LogP contribution in [0.25, 0.3) is 0 Å². The number of benzene rings is 1. The number of carboxylic acids is 1. The largest absolute Gasteiger partial charge is 0.548 e. The number of fused-ring (bicyclic) bond motifs is 2. The van der Waals surface area contributed by atoms with Crippen LogP contribution in [0.3, 0.4) is 0 Å². The van der Waals surface area contributed by atoms with E-state index >= 15 is 0 Å². The SMILES string of the molecule is CSCC[C@@H](NC(=O)CCN1C(=O)[C@@H]2Cc3ccccc3CN2C1=O)C(=O)[O-]. The van der Waals surface area contributed by atoms with Gasteiger partial charge in [0.05, 0.1) is 12.0 Å². The molecule has 1 aromatic rings. The molecule has 28 heavy (non-hydrogen) atoms. The summed E-state index contributed by atoms with van der Waals surface area (Å²) >= 11 is 1.47. The monoisotopic (exact) mass is 404 g/mol. The average Bonchev–Trinajstić information content (AvgIpc) is 2.91. The van der Waals surface area contributed by atoms with Gasteiger partial charge in [-0.05, 0) is 29.6 Å². The Bertz CT molecular complexity index is 757. The summed E-state index contributed by atoms with van der Waals surface area (Å²) in [5, 5.41) is 13.5. The number of aliphatic carboxylic acids is 1. The van der Waals surface area contributed by atoms with Gasteiger partial charge in [0, 0.05) is 25.9 Å². The summed E-state index contributed by atoms with van der Waals surface area (Å²) in [5.74, 6) is -1.61. The van der Waals surface area contributed by atoms with Gasteiger partial charge < -0.3 is 20.1 Å². The zero-order valence-electron chi connectivity index (χ0n) is 15.6. The van der Waals surface area contributed by atoms with E-state index in [0.717, 1.165) is 16.0 Å². The fraction of sp³-hybridized carbons (Fsp3) is 0.474. The summed E-state index contributed by atoms with van der Waals surface area (Å²) in [6.45, 7) is 0.296. The number of carbonyl (C=O) groups excluding carboxylic acids is 4. The van der Waals surface area contributed by atoms with Crippen LogP contribution in [0.15, 0.2) is 24.3 Å². The number of imide groups is 1. The first kappa shape index (κ1) is 20.2.